The van der Waals surface area contributed by atoms with Gasteiger partial charge in [0, 0.05) is 34.4 Å². The molecule has 0 aliphatic carbocycles. The number of halogens is 2. The van der Waals surface area contributed by atoms with E-state index in [1.807, 2.05) is 0 Å². The Kier molecular flexibility index (Phi) is 5.58. The molecule has 0 saturated carbocycles. The fourth-order valence-electron chi connectivity index (χ4n) is 1.24. The molecule has 0 bridgehead atoms. The number of nitrogens with one attached hydrogen (secondary N) is 1. The van der Waals surface area contributed by atoms with Crippen LogP contribution < -0.4 is 5.32 Å². The van der Waals surface area contributed by atoms with Crippen LogP contribution in [0.3, 0.4) is 0 Å². The van der Waals surface area contributed by atoms with Gasteiger partial charge in [0.25, 0.3) is 5.91 Å². The van der Waals surface area contributed by atoms with Crippen molar-refractivity contribution in [2.75, 3.05) is 18.6 Å². The fraction of sp³-hybridized carbons (Fsp3) is 0.364. The van der Waals surface area contributed by atoms with Crippen LogP contribution in [0.25, 0.3) is 0 Å². The van der Waals surface area contributed by atoms with E-state index in [-0.39, 0.29) is 5.56 Å². The van der Waals surface area contributed by atoms with Crippen LogP contribution in [0.15, 0.2) is 18.2 Å². The average Bonchev–Trinajstić information content (AvgIpc) is 2.27. The zero-order valence-corrected chi connectivity index (χ0v) is 10.9. The van der Waals surface area contributed by atoms with E-state index in [9.17, 15) is 13.4 Å². The van der Waals surface area contributed by atoms with Crippen LogP contribution in [0.1, 0.15) is 16.8 Å². The van der Waals surface area contributed by atoms with Crippen molar-refractivity contribution in [2.24, 2.45) is 0 Å². The molecule has 1 aromatic carbocycles. The maximum absolute atomic E-state index is 13.3. The van der Waals surface area contributed by atoms with Crippen molar-refractivity contribution in [3.63, 3.8) is 0 Å². The van der Waals surface area contributed by atoms with Crippen molar-refractivity contribution >= 4 is 28.3 Å². The summed E-state index contributed by atoms with van der Waals surface area (Å²) in [7, 11) is -0.879. The molecule has 94 valence electrons. The summed E-state index contributed by atoms with van der Waals surface area (Å²) in [5.74, 6) is -0.601. The predicted octanol–water partition coefficient (Wildman–Crippen LogP) is 1.98. The lowest BCUT2D eigenvalue weighted by atomic mass is 10.2. The first-order valence-electron chi connectivity index (χ1n) is 5.04. The molecule has 0 fully saturated rings. The van der Waals surface area contributed by atoms with Gasteiger partial charge in [-0.15, -0.1) is 0 Å². The molecule has 0 spiro atoms. The first kappa shape index (κ1) is 14.1. The number of carbonyl (C=O) groups excluding carboxylic acids is 1. The number of hydrogen-bond acceptors (Lipinski definition) is 2. The van der Waals surface area contributed by atoms with Crippen LogP contribution in [0.5, 0.6) is 0 Å². The Morgan fingerprint density at radius 3 is 2.88 bits per heavy atom. The molecular weight excluding hydrogens is 265 g/mol. The Hall–Kier alpha value is -0.940. The smallest absolute Gasteiger partial charge is 0.254 e. The van der Waals surface area contributed by atoms with Crippen molar-refractivity contribution in [3.8, 4) is 0 Å². The van der Waals surface area contributed by atoms with Gasteiger partial charge in [-0.3, -0.25) is 9.00 Å². The third-order valence-corrected chi connectivity index (χ3v) is 3.17. The van der Waals surface area contributed by atoms with E-state index in [1.54, 1.807) is 6.26 Å². The second kappa shape index (κ2) is 6.71. The second-order valence-corrected chi connectivity index (χ2v) is 5.50. The highest BCUT2D eigenvalue weighted by atomic mass is 35.5. The lowest BCUT2D eigenvalue weighted by Crippen LogP contribution is -2.26. The third-order valence-electron chi connectivity index (χ3n) is 2.07. The molecule has 1 amide bonds. The van der Waals surface area contributed by atoms with E-state index < -0.39 is 22.5 Å². The molecule has 1 atom stereocenters. The predicted molar refractivity (Wildman–Crippen MR) is 67.3 cm³/mol. The maximum atomic E-state index is 13.3. The van der Waals surface area contributed by atoms with Crippen molar-refractivity contribution in [3.05, 3.63) is 34.6 Å². The van der Waals surface area contributed by atoms with Gasteiger partial charge >= 0.3 is 0 Å². The highest BCUT2D eigenvalue weighted by Gasteiger charge is 2.11. The Morgan fingerprint density at radius 2 is 2.24 bits per heavy atom. The van der Waals surface area contributed by atoms with Crippen LogP contribution in [0, 0.1) is 5.82 Å². The molecule has 1 rings (SSSR count). The van der Waals surface area contributed by atoms with Gasteiger partial charge in [0.2, 0.25) is 0 Å². The van der Waals surface area contributed by atoms with E-state index in [1.165, 1.54) is 12.1 Å². The summed E-state index contributed by atoms with van der Waals surface area (Å²) < 4.78 is 24.1. The van der Waals surface area contributed by atoms with Crippen molar-refractivity contribution in [1.29, 1.82) is 0 Å². The Morgan fingerprint density at radius 1 is 1.53 bits per heavy atom. The highest BCUT2D eigenvalue weighted by Crippen LogP contribution is 2.14. The van der Waals surface area contributed by atoms with Crippen molar-refractivity contribution < 1.29 is 13.4 Å². The molecule has 6 heteroatoms. The number of amides is 1. The summed E-state index contributed by atoms with van der Waals surface area (Å²) in [5, 5.41) is 2.86. The quantitative estimate of drug-likeness (QED) is 0.837. The minimum atomic E-state index is -0.879. The summed E-state index contributed by atoms with van der Waals surface area (Å²) in [6, 6.07) is 3.82. The van der Waals surface area contributed by atoms with Gasteiger partial charge in [0.15, 0.2) is 0 Å². The zero-order valence-electron chi connectivity index (χ0n) is 9.33. The summed E-state index contributed by atoms with van der Waals surface area (Å²) >= 11 is 5.68. The van der Waals surface area contributed by atoms with Gasteiger partial charge in [-0.2, -0.15) is 0 Å². The van der Waals surface area contributed by atoms with Crippen molar-refractivity contribution in [2.45, 2.75) is 6.42 Å². The summed E-state index contributed by atoms with van der Waals surface area (Å²) in [6.07, 6.45) is 2.19. The molecule has 0 heterocycles. The Labute approximate surface area is 107 Å². The van der Waals surface area contributed by atoms with Crippen LogP contribution in [-0.2, 0) is 10.8 Å². The largest absolute Gasteiger partial charge is 0.352 e. The van der Waals surface area contributed by atoms with E-state index in [4.69, 9.17) is 11.6 Å². The highest BCUT2D eigenvalue weighted by molar-refractivity contribution is 7.84. The molecule has 0 aromatic heterocycles. The topological polar surface area (TPSA) is 46.2 Å². The molecule has 1 aromatic rings. The molecule has 0 aliphatic heterocycles. The van der Waals surface area contributed by atoms with E-state index >= 15 is 0 Å². The molecule has 1 unspecified atom stereocenters. The van der Waals surface area contributed by atoms with Crippen LogP contribution in [-0.4, -0.2) is 28.7 Å². The molecular formula is C11H13ClFNO2S. The molecule has 0 saturated heterocycles. The van der Waals surface area contributed by atoms with Gasteiger partial charge in [-0.25, -0.2) is 4.39 Å². The van der Waals surface area contributed by atoms with Gasteiger partial charge < -0.3 is 5.32 Å². The Balaban J connectivity index is 2.52. The average molecular weight is 278 g/mol. The first-order chi connectivity index (χ1) is 8.00. The van der Waals surface area contributed by atoms with Gasteiger partial charge in [-0.05, 0) is 24.6 Å². The third kappa shape index (κ3) is 4.83. The summed E-state index contributed by atoms with van der Waals surface area (Å²) in [4.78, 5) is 11.6. The SMILES string of the molecule is CS(=O)CCCNC(=O)c1cc(Cl)ccc1F. The summed E-state index contributed by atoms with van der Waals surface area (Å²) in [5.41, 5.74) is -0.0740. The standard InChI is InChI=1S/C11H13ClFNO2S/c1-17(16)6-2-5-14-11(15)9-7-8(12)3-4-10(9)13/h3-4,7H,2,5-6H2,1H3,(H,14,15). The zero-order chi connectivity index (χ0) is 12.8. The number of carbonyl (C=O) groups is 1. The van der Waals surface area contributed by atoms with E-state index in [0.717, 1.165) is 6.07 Å². The normalized spacial score (nSPS) is 12.2. The Bertz CT molecular complexity index is 439. The maximum Gasteiger partial charge on any atom is 0.254 e. The molecule has 0 radical (unpaired) electrons. The minimum absolute atomic E-state index is 0.0740. The number of benzene rings is 1. The van der Waals surface area contributed by atoms with Gasteiger partial charge in [0.1, 0.15) is 5.82 Å². The summed E-state index contributed by atoms with van der Waals surface area (Å²) in [6.45, 7) is 0.365. The second-order valence-electron chi connectivity index (χ2n) is 3.51. The van der Waals surface area contributed by atoms with Crippen LogP contribution >= 0.6 is 11.6 Å². The van der Waals surface area contributed by atoms with Crippen molar-refractivity contribution in [1.82, 2.24) is 5.32 Å². The van der Waals surface area contributed by atoms with Gasteiger partial charge in [0.05, 0.1) is 5.56 Å². The molecule has 17 heavy (non-hydrogen) atoms. The number of hydrogen-bond donors (Lipinski definition) is 1. The van der Waals surface area contributed by atoms with Gasteiger partial charge in [-0.1, -0.05) is 11.6 Å². The van der Waals surface area contributed by atoms with E-state index in [2.05, 4.69) is 5.32 Å². The van der Waals surface area contributed by atoms with Crippen LogP contribution in [0.4, 0.5) is 4.39 Å². The molecule has 3 nitrogen and oxygen atoms in total. The van der Waals surface area contributed by atoms with E-state index in [0.29, 0.717) is 23.7 Å². The number of rotatable bonds is 5. The minimum Gasteiger partial charge on any atom is -0.352 e. The molecule has 0 aliphatic rings. The first-order valence-corrected chi connectivity index (χ1v) is 7.14. The fourth-order valence-corrected chi connectivity index (χ4v) is 1.97. The lowest BCUT2D eigenvalue weighted by molar-refractivity contribution is 0.0949. The van der Waals surface area contributed by atoms with Crippen LogP contribution in [0.2, 0.25) is 5.02 Å². The monoisotopic (exact) mass is 277 g/mol. The molecule has 1 N–H and O–H groups in total. The lowest BCUT2D eigenvalue weighted by Gasteiger charge is -2.05.